The quantitative estimate of drug-likeness (QED) is 0.586. The molecule has 1 amide bonds. The first-order chi connectivity index (χ1) is 16.1. The standard InChI is InChI=1S/C22H22F3N5O3S/c1-15-12-20(30(28-15)18-5-2-4-17(13-18)22(23,24)25)27-21(31)16-7-10-29(11-8-16)34(32,33)19-6-3-9-26-14-19/h2-6,9,12-14,16H,7-8,10-11H2,1H3,(H,27,31). The van der Waals surface area contributed by atoms with Gasteiger partial charge in [-0.2, -0.15) is 22.6 Å². The van der Waals surface area contributed by atoms with Gasteiger partial charge in [-0.25, -0.2) is 13.1 Å². The van der Waals surface area contributed by atoms with E-state index in [4.69, 9.17) is 0 Å². The minimum absolute atomic E-state index is 0.0957. The number of sulfonamides is 1. The molecule has 0 atom stereocenters. The van der Waals surface area contributed by atoms with Crippen molar-refractivity contribution >= 4 is 21.7 Å². The number of rotatable bonds is 5. The summed E-state index contributed by atoms with van der Waals surface area (Å²) in [6.45, 7) is 2.00. The van der Waals surface area contributed by atoms with Crippen molar-refractivity contribution in [3.05, 3.63) is 66.1 Å². The fourth-order valence-corrected chi connectivity index (χ4v) is 5.27. The summed E-state index contributed by atoms with van der Waals surface area (Å²) in [5, 5.41) is 6.97. The first kappa shape index (κ1) is 23.9. The lowest BCUT2D eigenvalue weighted by atomic mass is 9.97. The lowest BCUT2D eigenvalue weighted by Gasteiger charge is -2.30. The van der Waals surface area contributed by atoms with Crippen LogP contribution in [0.1, 0.15) is 24.1 Å². The number of pyridine rings is 1. The van der Waals surface area contributed by atoms with Gasteiger partial charge in [-0.15, -0.1) is 0 Å². The molecule has 3 heterocycles. The number of amides is 1. The molecule has 1 N–H and O–H groups in total. The van der Waals surface area contributed by atoms with Crippen molar-refractivity contribution in [3.8, 4) is 5.69 Å². The Morgan fingerprint density at radius 1 is 1.12 bits per heavy atom. The number of aromatic nitrogens is 3. The molecule has 3 aromatic rings. The van der Waals surface area contributed by atoms with E-state index in [1.165, 1.54) is 39.6 Å². The number of nitrogens with one attached hydrogen (secondary N) is 1. The van der Waals surface area contributed by atoms with Crippen LogP contribution in [0.25, 0.3) is 5.69 Å². The Labute approximate surface area is 194 Å². The number of piperidine rings is 1. The number of hydrogen-bond acceptors (Lipinski definition) is 5. The second-order valence-electron chi connectivity index (χ2n) is 7.99. The van der Waals surface area contributed by atoms with E-state index in [2.05, 4.69) is 15.4 Å². The normalized spacial score (nSPS) is 15.9. The third-order valence-electron chi connectivity index (χ3n) is 5.60. The summed E-state index contributed by atoms with van der Waals surface area (Å²) in [5.74, 6) is -0.552. The molecule has 1 aliphatic rings. The summed E-state index contributed by atoms with van der Waals surface area (Å²) in [6, 6.07) is 9.26. The molecule has 34 heavy (non-hydrogen) atoms. The van der Waals surface area contributed by atoms with Gasteiger partial charge in [0.2, 0.25) is 15.9 Å². The summed E-state index contributed by atoms with van der Waals surface area (Å²) in [6.07, 6.45) is -1.12. The molecule has 12 heteroatoms. The zero-order chi connectivity index (χ0) is 24.5. The summed E-state index contributed by atoms with van der Waals surface area (Å²) >= 11 is 0. The number of hydrogen-bond donors (Lipinski definition) is 1. The minimum Gasteiger partial charge on any atom is -0.310 e. The lowest BCUT2D eigenvalue weighted by Crippen LogP contribution is -2.41. The van der Waals surface area contributed by atoms with E-state index in [9.17, 15) is 26.4 Å². The fourth-order valence-electron chi connectivity index (χ4n) is 3.83. The van der Waals surface area contributed by atoms with E-state index in [0.717, 1.165) is 12.1 Å². The molecule has 8 nitrogen and oxygen atoms in total. The topological polar surface area (TPSA) is 97.2 Å². The maximum absolute atomic E-state index is 13.1. The second kappa shape index (κ2) is 9.18. The van der Waals surface area contributed by atoms with Gasteiger partial charge in [-0.1, -0.05) is 6.07 Å². The van der Waals surface area contributed by atoms with Crippen molar-refractivity contribution in [3.63, 3.8) is 0 Å². The largest absolute Gasteiger partial charge is 0.416 e. The first-order valence-corrected chi connectivity index (χ1v) is 11.9. The molecule has 0 spiro atoms. The predicted molar refractivity (Wildman–Crippen MR) is 118 cm³/mol. The van der Waals surface area contributed by atoms with Gasteiger partial charge >= 0.3 is 6.18 Å². The van der Waals surface area contributed by atoms with Crippen molar-refractivity contribution in [1.29, 1.82) is 0 Å². The number of carbonyl (C=O) groups is 1. The van der Waals surface area contributed by atoms with Crippen molar-refractivity contribution in [1.82, 2.24) is 19.1 Å². The van der Waals surface area contributed by atoms with Gasteiger partial charge in [0, 0.05) is 37.5 Å². The van der Waals surface area contributed by atoms with E-state index in [-0.39, 0.29) is 35.4 Å². The summed E-state index contributed by atoms with van der Waals surface area (Å²) in [5.41, 5.74) is -0.140. The number of aryl methyl sites for hydroxylation is 1. The van der Waals surface area contributed by atoms with Gasteiger partial charge in [0.15, 0.2) is 0 Å². The van der Waals surface area contributed by atoms with Crippen LogP contribution in [-0.4, -0.2) is 46.5 Å². The van der Waals surface area contributed by atoms with Crippen LogP contribution in [0, 0.1) is 12.8 Å². The van der Waals surface area contributed by atoms with Crippen LogP contribution in [0.3, 0.4) is 0 Å². The van der Waals surface area contributed by atoms with Crippen molar-refractivity contribution < 1.29 is 26.4 Å². The molecule has 1 fully saturated rings. The van der Waals surface area contributed by atoms with Gasteiger partial charge in [-0.3, -0.25) is 9.78 Å². The Kier molecular flexibility index (Phi) is 6.45. The number of halogens is 3. The number of alkyl halides is 3. The van der Waals surface area contributed by atoms with Gasteiger partial charge in [-0.05, 0) is 50.1 Å². The average Bonchev–Trinajstić information content (AvgIpc) is 3.19. The van der Waals surface area contributed by atoms with E-state index < -0.39 is 27.7 Å². The molecule has 2 aromatic heterocycles. The molecule has 1 aromatic carbocycles. The van der Waals surface area contributed by atoms with Gasteiger partial charge in [0.05, 0.1) is 16.9 Å². The van der Waals surface area contributed by atoms with Crippen molar-refractivity contribution in [2.45, 2.75) is 30.8 Å². The second-order valence-corrected chi connectivity index (χ2v) is 9.93. The molecule has 0 unspecified atom stereocenters. The molecule has 1 saturated heterocycles. The Balaban J connectivity index is 1.46. The highest BCUT2D eigenvalue weighted by molar-refractivity contribution is 7.89. The Morgan fingerprint density at radius 3 is 2.50 bits per heavy atom. The number of benzene rings is 1. The van der Waals surface area contributed by atoms with Crippen LogP contribution in [0.4, 0.5) is 19.0 Å². The molecule has 0 radical (unpaired) electrons. The maximum Gasteiger partial charge on any atom is 0.416 e. The van der Waals surface area contributed by atoms with Crippen molar-refractivity contribution in [2.75, 3.05) is 18.4 Å². The zero-order valence-electron chi connectivity index (χ0n) is 18.2. The average molecular weight is 494 g/mol. The SMILES string of the molecule is Cc1cc(NC(=O)C2CCN(S(=O)(=O)c3cccnc3)CC2)n(-c2cccc(C(F)(F)F)c2)n1. The van der Waals surface area contributed by atoms with Crippen LogP contribution in [0.2, 0.25) is 0 Å². The smallest absolute Gasteiger partial charge is 0.310 e. The highest BCUT2D eigenvalue weighted by Crippen LogP contribution is 2.31. The van der Waals surface area contributed by atoms with Gasteiger partial charge in [0.25, 0.3) is 0 Å². The third-order valence-corrected chi connectivity index (χ3v) is 7.48. The molecule has 0 bridgehead atoms. The lowest BCUT2D eigenvalue weighted by molar-refractivity contribution is -0.137. The van der Waals surface area contributed by atoms with Crippen LogP contribution in [-0.2, 0) is 21.0 Å². The molecular weight excluding hydrogens is 471 g/mol. The number of nitrogens with zero attached hydrogens (tertiary/aromatic N) is 4. The monoisotopic (exact) mass is 493 g/mol. The molecule has 0 saturated carbocycles. The van der Waals surface area contributed by atoms with E-state index in [0.29, 0.717) is 18.5 Å². The highest BCUT2D eigenvalue weighted by atomic mass is 32.2. The molecule has 180 valence electrons. The van der Waals surface area contributed by atoms with E-state index >= 15 is 0 Å². The van der Waals surface area contributed by atoms with Crippen LogP contribution in [0.5, 0.6) is 0 Å². The molecule has 0 aliphatic carbocycles. The Bertz CT molecular complexity index is 1280. The van der Waals surface area contributed by atoms with E-state index in [1.54, 1.807) is 19.1 Å². The van der Waals surface area contributed by atoms with Crippen LogP contribution in [0.15, 0.2) is 59.8 Å². The van der Waals surface area contributed by atoms with Crippen LogP contribution >= 0.6 is 0 Å². The predicted octanol–water partition coefficient (Wildman–Crippen LogP) is 3.63. The maximum atomic E-state index is 13.1. The van der Waals surface area contributed by atoms with Gasteiger partial charge < -0.3 is 5.32 Å². The zero-order valence-corrected chi connectivity index (χ0v) is 19.0. The molecule has 4 rings (SSSR count). The number of anilines is 1. The van der Waals surface area contributed by atoms with Crippen molar-refractivity contribution in [2.24, 2.45) is 5.92 Å². The van der Waals surface area contributed by atoms with Gasteiger partial charge in [0.1, 0.15) is 10.7 Å². The molecular formula is C22H22F3N5O3S. The first-order valence-electron chi connectivity index (χ1n) is 10.5. The summed E-state index contributed by atoms with van der Waals surface area (Å²) in [7, 11) is -3.69. The Morgan fingerprint density at radius 2 is 1.85 bits per heavy atom. The minimum atomic E-state index is -4.51. The van der Waals surface area contributed by atoms with E-state index in [1.807, 2.05) is 0 Å². The highest BCUT2D eigenvalue weighted by Gasteiger charge is 2.33. The fraction of sp³-hybridized carbons (Fsp3) is 0.318. The third kappa shape index (κ3) is 4.97. The molecule has 1 aliphatic heterocycles. The number of carbonyl (C=O) groups excluding carboxylic acids is 1. The summed E-state index contributed by atoms with van der Waals surface area (Å²) < 4.78 is 67.4. The summed E-state index contributed by atoms with van der Waals surface area (Å²) in [4.78, 5) is 16.8. The van der Waals surface area contributed by atoms with Crippen LogP contribution < -0.4 is 5.32 Å². The Hall–Kier alpha value is -3.25.